The van der Waals surface area contributed by atoms with Crippen LogP contribution >= 0.6 is 0 Å². The number of rotatable bonds is 5. The minimum Gasteiger partial charge on any atom is -0.312 e. The van der Waals surface area contributed by atoms with Gasteiger partial charge in [-0.3, -0.25) is 0 Å². The van der Waals surface area contributed by atoms with E-state index in [9.17, 15) is 8.42 Å². The van der Waals surface area contributed by atoms with E-state index < -0.39 is 15.3 Å². The van der Waals surface area contributed by atoms with Gasteiger partial charge in [-0.25, -0.2) is 13.1 Å². The summed E-state index contributed by atoms with van der Waals surface area (Å²) in [5, 5.41) is 11.2. The molecule has 1 aliphatic rings. The third-order valence-electron chi connectivity index (χ3n) is 3.71. The molecule has 0 bridgehead atoms. The zero-order valence-corrected chi connectivity index (χ0v) is 12.2. The van der Waals surface area contributed by atoms with E-state index in [1.165, 1.54) is 0 Å². The second-order valence-electron chi connectivity index (χ2n) is 5.52. The number of piperidine rings is 1. The van der Waals surface area contributed by atoms with Crippen LogP contribution in [0.3, 0.4) is 0 Å². The number of nitriles is 1. The molecular weight excluding hydrogens is 250 g/mol. The van der Waals surface area contributed by atoms with E-state index in [0.717, 1.165) is 19.4 Å². The van der Waals surface area contributed by atoms with E-state index >= 15 is 0 Å². The largest absolute Gasteiger partial charge is 0.312 e. The van der Waals surface area contributed by atoms with Crippen molar-refractivity contribution in [2.45, 2.75) is 51.3 Å². The van der Waals surface area contributed by atoms with E-state index in [0.29, 0.717) is 13.0 Å². The van der Waals surface area contributed by atoms with Crippen LogP contribution in [0.5, 0.6) is 0 Å². The molecule has 0 spiro atoms. The maximum atomic E-state index is 11.9. The zero-order chi connectivity index (χ0) is 13.8. The molecular formula is C12H23N3O2S. The Bertz CT molecular complexity index is 412. The van der Waals surface area contributed by atoms with Gasteiger partial charge in [-0.15, -0.1) is 0 Å². The maximum Gasteiger partial charge on any atom is 0.228 e. The van der Waals surface area contributed by atoms with Gasteiger partial charge in [0.15, 0.2) is 5.25 Å². The molecule has 2 atom stereocenters. The van der Waals surface area contributed by atoms with Crippen molar-refractivity contribution in [3.8, 4) is 6.07 Å². The fraction of sp³-hybridized carbons (Fsp3) is 0.917. The fourth-order valence-electron chi connectivity index (χ4n) is 2.30. The summed E-state index contributed by atoms with van der Waals surface area (Å²) in [6, 6.07) is 1.95. The first-order valence-corrected chi connectivity index (χ1v) is 7.99. The number of nitrogens with zero attached hydrogens (tertiary/aromatic N) is 1. The highest BCUT2D eigenvalue weighted by Gasteiger charge is 2.33. The van der Waals surface area contributed by atoms with Crippen LogP contribution in [0.25, 0.3) is 0 Å². The van der Waals surface area contributed by atoms with Gasteiger partial charge in [-0.05, 0) is 31.2 Å². The zero-order valence-electron chi connectivity index (χ0n) is 11.4. The van der Waals surface area contributed by atoms with Crippen LogP contribution in [-0.2, 0) is 10.0 Å². The van der Waals surface area contributed by atoms with Gasteiger partial charge in [0.2, 0.25) is 10.0 Å². The molecule has 2 unspecified atom stereocenters. The molecule has 1 saturated heterocycles. The normalized spacial score (nSPS) is 25.3. The maximum absolute atomic E-state index is 11.9. The molecule has 2 N–H and O–H groups in total. The lowest BCUT2D eigenvalue weighted by Crippen LogP contribution is -2.53. The third kappa shape index (κ3) is 3.67. The summed E-state index contributed by atoms with van der Waals surface area (Å²) in [7, 11) is -3.52. The Balaban J connectivity index is 2.62. The molecule has 5 nitrogen and oxygen atoms in total. The Morgan fingerprint density at radius 2 is 2.22 bits per heavy atom. The molecule has 18 heavy (non-hydrogen) atoms. The first-order valence-electron chi connectivity index (χ1n) is 6.45. The number of hydrogen-bond acceptors (Lipinski definition) is 4. The summed E-state index contributed by atoms with van der Waals surface area (Å²) < 4.78 is 26.3. The minimum absolute atomic E-state index is 0.0785. The summed E-state index contributed by atoms with van der Waals surface area (Å²) in [5.74, 6) is 0. The SMILES string of the molecule is CCC(C#N)S(=O)(=O)NCC1NCCCC1(C)C. The fourth-order valence-corrected chi connectivity index (χ4v) is 3.48. The van der Waals surface area contributed by atoms with Gasteiger partial charge in [-0.1, -0.05) is 20.8 Å². The molecule has 104 valence electrons. The van der Waals surface area contributed by atoms with E-state index in [2.05, 4.69) is 23.9 Å². The lowest BCUT2D eigenvalue weighted by Gasteiger charge is -2.39. The predicted molar refractivity (Wildman–Crippen MR) is 71.4 cm³/mol. The molecule has 0 aromatic rings. The van der Waals surface area contributed by atoms with E-state index in [-0.39, 0.29) is 11.5 Å². The van der Waals surface area contributed by atoms with Crippen LogP contribution in [0.2, 0.25) is 0 Å². The summed E-state index contributed by atoms with van der Waals surface area (Å²) in [5.41, 5.74) is 0.0785. The first-order chi connectivity index (χ1) is 8.33. The van der Waals surface area contributed by atoms with Gasteiger partial charge in [0.1, 0.15) is 0 Å². The van der Waals surface area contributed by atoms with Gasteiger partial charge in [-0.2, -0.15) is 5.26 Å². The number of nitrogens with one attached hydrogen (secondary N) is 2. The second-order valence-corrected chi connectivity index (χ2v) is 7.47. The van der Waals surface area contributed by atoms with E-state index in [1.807, 2.05) is 6.07 Å². The second kappa shape index (κ2) is 6.00. The van der Waals surface area contributed by atoms with Crippen molar-refractivity contribution in [1.82, 2.24) is 10.0 Å². The highest BCUT2D eigenvalue weighted by atomic mass is 32.2. The highest BCUT2D eigenvalue weighted by molar-refractivity contribution is 7.90. The molecule has 1 aliphatic heterocycles. The lowest BCUT2D eigenvalue weighted by molar-refractivity contribution is 0.181. The van der Waals surface area contributed by atoms with Gasteiger partial charge < -0.3 is 5.32 Å². The van der Waals surface area contributed by atoms with Crippen molar-refractivity contribution in [2.24, 2.45) is 5.41 Å². The summed E-state index contributed by atoms with van der Waals surface area (Å²) in [6.07, 6.45) is 2.52. The average Bonchev–Trinajstić information content (AvgIpc) is 2.28. The van der Waals surface area contributed by atoms with Gasteiger partial charge in [0, 0.05) is 12.6 Å². The van der Waals surface area contributed by atoms with Crippen molar-refractivity contribution in [1.29, 1.82) is 5.26 Å². The van der Waals surface area contributed by atoms with E-state index in [4.69, 9.17) is 5.26 Å². The molecule has 6 heteroatoms. The van der Waals surface area contributed by atoms with Crippen molar-refractivity contribution < 1.29 is 8.42 Å². The van der Waals surface area contributed by atoms with Crippen LogP contribution in [0.1, 0.15) is 40.0 Å². The molecule has 0 aromatic carbocycles. The Hall–Kier alpha value is -0.640. The quantitative estimate of drug-likeness (QED) is 0.782. The van der Waals surface area contributed by atoms with E-state index in [1.54, 1.807) is 6.92 Å². The summed E-state index contributed by atoms with van der Waals surface area (Å²) in [6.45, 7) is 7.26. The highest BCUT2D eigenvalue weighted by Crippen LogP contribution is 2.29. The average molecular weight is 273 g/mol. The lowest BCUT2D eigenvalue weighted by atomic mass is 9.78. The van der Waals surface area contributed by atoms with Crippen molar-refractivity contribution in [3.63, 3.8) is 0 Å². The smallest absolute Gasteiger partial charge is 0.228 e. The topological polar surface area (TPSA) is 82.0 Å². The van der Waals surface area contributed by atoms with Gasteiger partial charge in [0.25, 0.3) is 0 Å². The van der Waals surface area contributed by atoms with Gasteiger partial charge in [0.05, 0.1) is 6.07 Å². The Morgan fingerprint density at radius 3 is 2.72 bits per heavy atom. The van der Waals surface area contributed by atoms with Crippen molar-refractivity contribution in [3.05, 3.63) is 0 Å². The molecule has 1 fully saturated rings. The van der Waals surface area contributed by atoms with Crippen LogP contribution in [-0.4, -0.2) is 32.8 Å². The standard InChI is InChI=1S/C12H23N3O2S/c1-4-10(8-13)18(16,17)15-9-11-12(2,3)6-5-7-14-11/h10-11,14-15H,4-7,9H2,1-3H3. The van der Waals surface area contributed by atoms with Crippen LogP contribution in [0, 0.1) is 16.7 Å². The summed E-state index contributed by atoms with van der Waals surface area (Å²) >= 11 is 0. The Morgan fingerprint density at radius 1 is 1.56 bits per heavy atom. The van der Waals surface area contributed by atoms with Crippen LogP contribution < -0.4 is 10.0 Å². The summed E-state index contributed by atoms with van der Waals surface area (Å²) in [4.78, 5) is 0. The first kappa shape index (κ1) is 15.4. The molecule has 1 rings (SSSR count). The number of hydrogen-bond donors (Lipinski definition) is 2. The third-order valence-corrected chi connectivity index (χ3v) is 5.47. The molecule has 0 radical (unpaired) electrons. The molecule has 1 heterocycles. The van der Waals surface area contributed by atoms with Crippen LogP contribution in [0.4, 0.5) is 0 Å². The molecule has 0 aliphatic carbocycles. The Kier molecular flexibility index (Phi) is 5.14. The van der Waals surface area contributed by atoms with Crippen molar-refractivity contribution in [2.75, 3.05) is 13.1 Å². The molecule has 0 amide bonds. The van der Waals surface area contributed by atoms with Gasteiger partial charge >= 0.3 is 0 Å². The monoisotopic (exact) mass is 273 g/mol. The number of sulfonamides is 1. The van der Waals surface area contributed by atoms with Crippen molar-refractivity contribution >= 4 is 10.0 Å². The minimum atomic E-state index is -3.52. The Labute approximate surface area is 110 Å². The van der Waals surface area contributed by atoms with Crippen LogP contribution in [0.15, 0.2) is 0 Å². The molecule has 0 aromatic heterocycles. The molecule has 0 saturated carbocycles. The predicted octanol–water partition coefficient (Wildman–Crippen LogP) is 0.986.